The molecule has 4 saturated carbocycles. The van der Waals surface area contributed by atoms with Crippen molar-refractivity contribution in [2.24, 2.45) is 10.9 Å². The Morgan fingerprint density at radius 1 is 0.548 bits per heavy atom. The van der Waals surface area contributed by atoms with Crippen molar-refractivity contribution in [2.45, 2.75) is 178 Å². The number of carbonyl (C=O) groups is 2. The van der Waals surface area contributed by atoms with Crippen molar-refractivity contribution < 1.29 is 91.8 Å². The molecule has 9 aromatic rings. The number of nitrogens with zero attached hydrogens (tertiary/aromatic N) is 2. The fourth-order valence-corrected chi connectivity index (χ4v) is 24.8. The van der Waals surface area contributed by atoms with E-state index < -0.39 is 33.2 Å². The number of ether oxygens (including phenoxy) is 2. The average Bonchev–Trinajstić information content (AvgIpc) is 1.57. The molecule has 564 valence electrons. The minimum absolute atomic E-state index is 0. The monoisotopic (exact) mass is 1870 g/mol. The number of carboxylic acids is 2. The first-order valence-electron chi connectivity index (χ1n) is 34.7. The Bertz CT molecular complexity index is 4090. The van der Waals surface area contributed by atoms with Gasteiger partial charge in [0.25, 0.3) is 11.9 Å². The number of aliphatic carboxylic acids is 2. The van der Waals surface area contributed by atoms with E-state index in [1.54, 1.807) is 0 Å². The van der Waals surface area contributed by atoms with Crippen LogP contribution in [-0.2, 0) is 78.5 Å². The van der Waals surface area contributed by atoms with Gasteiger partial charge in [0.2, 0.25) is 12.5 Å². The number of fused-ring (bicyclic) bond motifs is 6. The van der Waals surface area contributed by atoms with Gasteiger partial charge in [-0.05, 0) is 153 Å². The van der Waals surface area contributed by atoms with Crippen LogP contribution in [0.5, 0.6) is 11.5 Å². The van der Waals surface area contributed by atoms with Crippen LogP contribution >= 0.6 is 94.4 Å². The van der Waals surface area contributed by atoms with Gasteiger partial charge in [-0.25, -0.2) is 4.99 Å². The summed E-state index contributed by atoms with van der Waals surface area (Å²) in [6, 6.07) is 68.1. The quantitative estimate of drug-likeness (QED) is 0.0750. The number of aliphatic imine (C=N–C) groups is 1. The molecule has 0 spiro atoms. The Hall–Kier alpha value is -3.87. The van der Waals surface area contributed by atoms with Crippen LogP contribution in [-0.4, -0.2) is 55.1 Å². The van der Waals surface area contributed by atoms with Crippen LogP contribution in [0.4, 0.5) is 0 Å². The van der Waals surface area contributed by atoms with Gasteiger partial charge in [0.1, 0.15) is 11.5 Å². The number of rotatable bonds is 11. The second kappa shape index (κ2) is 46.0. The molecule has 2 N–H and O–H groups in total. The largest absolute Gasteiger partial charge is 2.00 e. The Balaban J connectivity index is 0.000000298. The predicted molar refractivity (Wildman–Crippen MR) is 437 cm³/mol. The van der Waals surface area contributed by atoms with Crippen LogP contribution in [0.2, 0.25) is 20.1 Å². The number of hydrogen-bond acceptors (Lipinski definition) is 6. The third kappa shape index (κ3) is 24.8. The van der Waals surface area contributed by atoms with Gasteiger partial charge in [0.05, 0.1) is 24.1 Å². The minimum atomic E-state index is -2.26. The summed E-state index contributed by atoms with van der Waals surface area (Å²) in [5.41, 5.74) is 10.4. The summed E-state index contributed by atoms with van der Waals surface area (Å²) in [4.78, 5) is 22.9. The maximum Gasteiger partial charge on any atom is 2.00 e. The molecule has 104 heavy (non-hydrogen) atoms. The van der Waals surface area contributed by atoms with E-state index in [-0.39, 0.29) is 96.0 Å². The predicted octanol–water partition coefficient (Wildman–Crippen LogP) is 25.7. The first kappa shape index (κ1) is 92.5. The summed E-state index contributed by atoms with van der Waals surface area (Å²) in [7, 11) is -2.69. The van der Waals surface area contributed by atoms with Crippen LogP contribution in [0.25, 0.3) is 22.2 Å². The van der Waals surface area contributed by atoms with Crippen molar-refractivity contribution in [3.63, 3.8) is 0 Å². The fraction of sp³-hybridized carbons (Fsp3) is 0.345. The summed E-state index contributed by atoms with van der Waals surface area (Å²) in [6.45, 7) is 4.64. The van der Waals surface area contributed by atoms with E-state index in [4.69, 9.17) is 80.7 Å². The van der Waals surface area contributed by atoms with E-state index in [2.05, 4.69) is 106 Å². The van der Waals surface area contributed by atoms with E-state index in [9.17, 15) is 0 Å². The summed E-state index contributed by atoms with van der Waals surface area (Å²) < 4.78 is 31.2. The normalized spacial score (nSPS) is 17.8. The van der Waals surface area contributed by atoms with E-state index in [0.29, 0.717) is 50.0 Å². The molecule has 0 saturated heterocycles. The average molecular weight is 1880 g/mol. The summed E-state index contributed by atoms with van der Waals surface area (Å²) in [6.07, 6.45) is 24.3. The van der Waals surface area contributed by atoms with Gasteiger partial charge in [0.15, 0.2) is 0 Å². The van der Waals surface area contributed by atoms with E-state index in [1.807, 2.05) is 121 Å². The van der Waals surface area contributed by atoms with Gasteiger partial charge in [-0.1, -0.05) is 268 Å². The van der Waals surface area contributed by atoms with Crippen LogP contribution in [0.15, 0.2) is 210 Å². The Kier molecular flexibility index (Phi) is 40.9. The zero-order chi connectivity index (χ0) is 69.1. The molecular formula is C84H96Br2Cl4FeN2O7P2Pd2. The zero-order valence-corrected chi connectivity index (χ0v) is 71.9. The smallest absolute Gasteiger partial charge is 0.481 e. The molecule has 15 rings (SSSR count). The molecule has 4 aliphatic carbocycles. The van der Waals surface area contributed by atoms with Crippen molar-refractivity contribution in [1.29, 1.82) is 0 Å². The molecule has 2 aliphatic heterocycles. The maximum absolute atomic E-state index is 15.5. The van der Waals surface area contributed by atoms with Crippen LogP contribution < -0.4 is 20.1 Å². The van der Waals surface area contributed by atoms with Crippen molar-refractivity contribution in [3.05, 3.63) is 262 Å². The van der Waals surface area contributed by atoms with Crippen LogP contribution in [0.3, 0.4) is 0 Å². The summed E-state index contributed by atoms with van der Waals surface area (Å²) in [5, 5.41) is 21.7. The molecule has 1 aromatic heterocycles. The second-order valence-electron chi connectivity index (χ2n) is 26.2. The SMILES string of the molecule is Br.C1CCCC1.CC(=O)O.CC(=O)O.C[C@H](C1CCCC1P(c1ccccc1)c1ccccc1)P(=O)(C1CCCCC1)C1CCCCC1.Clc1ccc(Br)c(CC2=NC(c3ccccc3)Oc3cc(Cl)ccc32)c1.Clc1ccc2c(c1)O[C@@H](c1ccccc1)n1c-2cc2cc(Cl)ccc21.[CH3-].[CH3-].[Fe+2].[Pd].[Pd]. The minimum Gasteiger partial charge on any atom is -0.481 e. The molecule has 0 bridgehead atoms. The second-order valence-corrected chi connectivity index (χ2v) is 35.1. The van der Waals surface area contributed by atoms with Crippen molar-refractivity contribution in [3.8, 4) is 22.8 Å². The molecule has 20 heteroatoms. The van der Waals surface area contributed by atoms with E-state index >= 15 is 4.57 Å². The molecule has 3 unspecified atom stereocenters. The van der Waals surface area contributed by atoms with Gasteiger partial charge in [-0.3, -0.25) is 9.59 Å². The number of benzene rings is 8. The first-order valence-corrected chi connectivity index (χ1v) is 40.3. The van der Waals surface area contributed by atoms with Crippen LogP contribution in [0, 0.1) is 20.8 Å². The number of hydrogen-bond donors (Lipinski definition) is 2. The number of halogens is 6. The van der Waals surface area contributed by atoms with Crippen molar-refractivity contribution in [2.75, 3.05) is 0 Å². The molecule has 8 aromatic carbocycles. The van der Waals surface area contributed by atoms with Crippen LogP contribution in [0.1, 0.15) is 171 Å². The standard InChI is InChI=1S/C31H44OP2.C21H14BrCl2NO.C21H13Cl2NO.C5H10.2C2H4O2.2CH3.BrH.Fe.2Pd/c1-25(34(32,28-19-10-4-11-20-28)29-21-12-5-13-22-29)30-23-14-24-31(30)33(26-15-6-2-7-16-26)27-17-8-3-9-18-27;22-18-9-7-15(23)10-14(18)11-19-17-8-6-16(24)12-20(17)26-21(25-19)13-4-2-1-3-5-13;22-15-7-9-18-14(10-15)11-19-17-8-6-16(23)12-20(17)25-21(24(18)19)13-4-2-1-3-5-13;1-2-4-5-3-1;2*1-2(3)4;;;;;;/h2-3,6-9,15-18,25,28-31H,4-5,10-14,19-24H2,1H3;1-10,12,21H,11H2;1-12,21H;1-5H2;2*1H3,(H,3,4);2*1H3;1H;;;/q;;;;;;2*-1;;+2;;/t25-,30?,31?;;21-;;;;;;;;;/m1.0........./s1. The Morgan fingerprint density at radius 3 is 1.48 bits per heavy atom. The molecular weight excluding hydrogens is 1780 g/mol. The van der Waals surface area contributed by atoms with Gasteiger partial charge in [-0.15, -0.1) is 17.0 Å². The third-order valence-electron chi connectivity index (χ3n) is 19.5. The summed E-state index contributed by atoms with van der Waals surface area (Å²) >= 11 is 28.4. The topological polar surface area (TPSA) is 127 Å². The van der Waals surface area contributed by atoms with Gasteiger partial charge in [0, 0.05) is 130 Å². The van der Waals surface area contributed by atoms with E-state index in [0.717, 1.165) is 85.0 Å². The third-order valence-corrected chi connectivity index (χ3v) is 29.2. The van der Waals surface area contributed by atoms with Crippen molar-refractivity contribution in [1.82, 2.24) is 4.57 Å². The Labute approximate surface area is 696 Å². The molecule has 6 aliphatic rings. The van der Waals surface area contributed by atoms with Gasteiger partial charge < -0.3 is 43.7 Å². The Morgan fingerprint density at radius 2 is 0.971 bits per heavy atom. The number of aromatic nitrogens is 1. The summed E-state index contributed by atoms with van der Waals surface area (Å²) in [5.74, 6) is 0.485. The number of carboxylic acid groups (broad SMARTS) is 2. The molecule has 0 radical (unpaired) electrons. The van der Waals surface area contributed by atoms with Gasteiger partial charge in [-0.2, -0.15) is 0 Å². The zero-order valence-electron chi connectivity index (χ0n) is 59.5. The molecule has 9 nitrogen and oxygen atoms in total. The molecule has 4 fully saturated rings. The molecule has 3 heterocycles. The van der Waals surface area contributed by atoms with E-state index in [1.165, 1.54) is 126 Å². The molecule has 5 atom stereocenters. The molecule has 0 amide bonds. The fourth-order valence-electron chi connectivity index (χ4n) is 15.1. The maximum atomic E-state index is 15.5. The van der Waals surface area contributed by atoms with Crippen molar-refractivity contribution >= 4 is 134 Å². The van der Waals surface area contributed by atoms with Gasteiger partial charge >= 0.3 is 17.1 Å². The first-order chi connectivity index (χ1) is 47.5.